The number of ether oxygens (including phenoxy) is 1. The summed E-state index contributed by atoms with van der Waals surface area (Å²) in [5.41, 5.74) is 1.47. The summed E-state index contributed by atoms with van der Waals surface area (Å²) < 4.78 is 19.2. The molecule has 0 aliphatic carbocycles. The second-order valence-electron chi connectivity index (χ2n) is 5.75. The molecule has 1 unspecified atom stereocenters. The minimum absolute atomic E-state index is 0.0412. The van der Waals surface area contributed by atoms with Crippen LogP contribution in [-0.2, 0) is 9.53 Å². The van der Waals surface area contributed by atoms with Crippen LogP contribution in [0.4, 0.5) is 15.9 Å². The van der Waals surface area contributed by atoms with Gasteiger partial charge in [0.05, 0.1) is 23.6 Å². The molecule has 1 atom stereocenters. The molecule has 1 aromatic rings. The number of anilines is 1. The van der Waals surface area contributed by atoms with Crippen molar-refractivity contribution in [3.05, 3.63) is 36.1 Å². The largest absolute Gasteiger partial charge is 0.372 e. The summed E-state index contributed by atoms with van der Waals surface area (Å²) in [6.45, 7) is 9.31. The summed E-state index contributed by atoms with van der Waals surface area (Å²) in [6, 6.07) is 0. The van der Waals surface area contributed by atoms with Crippen molar-refractivity contribution in [2.24, 2.45) is 4.99 Å². The van der Waals surface area contributed by atoms with E-state index >= 15 is 0 Å². The second-order valence-corrected chi connectivity index (χ2v) is 5.75. The third kappa shape index (κ3) is 7.80. The highest BCUT2D eigenvalue weighted by molar-refractivity contribution is 6.27. The van der Waals surface area contributed by atoms with Crippen LogP contribution < -0.4 is 5.32 Å². The molecule has 0 aliphatic rings. The van der Waals surface area contributed by atoms with Crippen LogP contribution in [0.5, 0.6) is 0 Å². The molecule has 1 aromatic heterocycles. The van der Waals surface area contributed by atoms with Crippen LogP contribution in [0.2, 0.25) is 0 Å². The molecular weight excluding hydrogens is 323 g/mol. The molecule has 0 spiro atoms. The van der Waals surface area contributed by atoms with E-state index in [0.29, 0.717) is 35.7 Å². The van der Waals surface area contributed by atoms with Gasteiger partial charge in [0.15, 0.2) is 12.1 Å². The van der Waals surface area contributed by atoms with Crippen molar-refractivity contribution in [2.45, 2.75) is 46.8 Å². The third-order valence-corrected chi connectivity index (χ3v) is 3.01. The van der Waals surface area contributed by atoms with Crippen LogP contribution in [0.1, 0.15) is 33.4 Å². The summed E-state index contributed by atoms with van der Waals surface area (Å²) in [5.74, 6) is 0.114. The molecule has 0 bridgehead atoms. The maximum atomic E-state index is 13.8. The van der Waals surface area contributed by atoms with Gasteiger partial charge >= 0.3 is 0 Å². The number of halogens is 1. The highest BCUT2D eigenvalue weighted by Gasteiger charge is 2.07. The van der Waals surface area contributed by atoms with Gasteiger partial charge in [-0.2, -0.15) is 0 Å². The Morgan fingerprint density at radius 1 is 1.40 bits per heavy atom. The maximum Gasteiger partial charge on any atom is 0.163 e. The predicted molar refractivity (Wildman–Crippen MR) is 98.1 cm³/mol. The smallest absolute Gasteiger partial charge is 0.163 e. The molecule has 0 amide bonds. The number of allylic oxidation sites excluding steroid dienone is 2. The molecule has 6 nitrogen and oxygen atoms in total. The fourth-order valence-corrected chi connectivity index (χ4v) is 2.01. The molecule has 0 aromatic carbocycles. The van der Waals surface area contributed by atoms with Gasteiger partial charge in [-0.3, -0.25) is 4.79 Å². The summed E-state index contributed by atoms with van der Waals surface area (Å²) >= 11 is 0. The second kappa shape index (κ2) is 10.5. The minimum atomic E-state index is -0.371. The first-order chi connectivity index (χ1) is 11.8. The van der Waals surface area contributed by atoms with Gasteiger partial charge in [0.25, 0.3) is 0 Å². The van der Waals surface area contributed by atoms with Crippen LogP contribution >= 0.6 is 0 Å². The lowest BCUT2D eigenvalue weighted by atomic mass is 10.3. The standard InChI is InChI=1S/C18H25FN4O2/c1-12(2)25-14(4)9-16(19)7-6-8-20-18-17(23-13(3)10-24)15(5)21-11-22-18/h6-7,9-12,14H,8H2,1-5H3,(H,20,21,22)/b7-6-,16-9+,23-13+. The van der Waals surface area contributed by atoms with Gasteiger partial charge in [-0.15, -0.1) is 0 Å². The van der Waals surface area contributed by atoms with E-state index in [1.54, 1.807) is 26.8 Å². The topological polar surface area (TPSA) is 76.5 Å². The monoisotopic (exact) mass is 348 g/mol. The first kappa shape index (κ1) is 20.6. The van der Waals surface area contributed by atoms with Crippen molar-refractivity contribution in [1.82, 2.24) is 9.97 Å². The predicted octanol–water partition coefficient (Wildman–Crippen LogP) is 3.71. The highest BCUT2D eigenvalue weighted by Crippen LogP contribution is 2.24. The zero-order valence-corrected chi connectivity index (χ0v) is 15.3. The number of hydrogen-bond donors (Lipinski definition) is 1. The Bertz CT molecular complexity index is 669. The molecule has 1 rings (SSSR count). The summed E-state index contributed by atoms with van der Waals surface area (Å²) in [7, 11) is 0. The Morgan fingerprint density at radius 2 is 2.12 bits per heavy atom. The Hall–Kier alpha value is -2.41. The Balaban J connectivity index is 2.72. The SMILES string of the molecule is C/C(C=O)=N\c1c(C)ncnc1NC/C=C\C(F)=C/C(C)OC(C)C. The normalized spacial score (nSPS) is 14.2. The first-order valence-electron chi connectivity index (χ1n) is 8.08. The zero-order chi connectivity index (χ0) is 18.8. The first-order valence-corrected chi connectivity index (χ1v) is 8.08. The van der Waals surface area contributed by atoms with Crippen LogP contribution in [0.3, 0.4) is 0 Å². The lowest BCUT2D eigenvalue weighted by Gasteiger charge is -2.11. The van der Waals surface area contributed by atoms with Crippen LogP contribution in [0.15, 0.2) is 35.4 Å². The van der Waals surface area contributed by atoms with Gasteiger partial charge in [0, 0.05) is 6.54 Å². The van der Waals surface area contributed by atoms with Crippen LogP contribution in [0.25, 0.3) is 0 Å². The number of aliphatic imine (C=N–C) groups is 1. The van der Waals surface area contributed by atoms with Gasteiger partial charge in [-0.05, 0) is 46.8 Å². The van der Waals surface area contributed by atoms with Gasteiger partial charge in [-0.25, -0.2) is 19.4 Å². The van der Waals surface area contributed by atoms with Crippen molar-refractivity contribution in [1.29, 1.82) is 0 Å². The molecule has 0 radical (unpaired) electrons. The molecule has 0 saturated carbocycles. The molecule has 0 fully saturated rings. The molecule has 25 heavy (non-hydrogen) atoms. The molecule has 0 aliphatic heterocycles. The molecular formula is C18H25FN4O2. The fourth-order valence-electron chi connectivity index (χ4n) is 2.01. The number of hydrogen-bond acceptors (Lipinski definition) is 6. The lowest BCUT2D eigenvalue weighted by Crippen LogP contribution is -2.11. The Kier molecular flexibility index (Phi) is 8.63. The van der Waals surface area contributed by atoms with E-state index in [0.717, 1.165) is 0 Å². The summed E-state index contributed by atoms with van der Waals surface area (Å²) in [5, 5.41) is 3.04. The molecule has 1 heterocycles. The van der Waals surface area contributed by atoms with Gasteiger partial charge in [0.1, 0.15) is 17.8 Å². The third-order valence-electron chi connectivity index (χ3n) is 3.01. The highest BCUT2D eigenvalue weighted by atomic mass is 19.1. The number of aldehydes is 1. The number of aromatic nitrogens is 2. The van der Waals surface area contributed by atoms with E-state index < -0.39 is 0 Å². The molecule has 0 saturated heterocycles. The van der Waals surface area contributed by atoms with Crippen molar-refractivity contribution in [3.63, 3.8) is 0 Å². The van der Waals surface area contributed by atoms with Crippen LogP contribution in [0, 0.1) is 6.92 Å². The van der Waals surface area contributed by atoms with E-state index in [2.05, 4.69) is 20.3 Å². The fraction of sp³-hybridized carbons (Fsp3) is 0.444. The van der Waals surface area contributed by atoms with Crippen molar-refractivity contribution < 1.29 is 13.9 Å². The van der Waals surface area contributed by atoms with Crippen molar-refractivity contribution in [2.75, 3.05) is 11.9 Å². The summed E-state index contributed by atoms with van der Waals surface area (Å²) in [6.07, 6.45) is 6.22. The summed E-state index contributed by atoms with van der Waals surface area (Å²) in [4.78, 5) is 23.1. The van der Waals surface area contributed by atoms with Crippen molar-refractivity contribution in [3.8, 4) is 0 Å². The number of aryl methyl sites for hydroxylation is 1. The Labute approximate surface area is 147 Å². The van der Waals surface area contributed by atoms with Gasteiger partial charge < -0.3 is 10.1 Å². The number of carbonyl (C=O) groups excluding carboxylic acids is 1. The van der Waals surface area contributed by atoms with E-state index in [1.807, 2.05) is 13.8 Å². The van der Waals surface area contributed by atoms with Gasteiger partial charge in [0.2, 0.25) is 0 Å². The average Bonchev–Trinajstić information content (AvgIpc) is 2.53. The molecule has 7 heteroatoms. The van der Waals surface area contributed by atoms with E-state index in [9.17, 15) is 9.18 Å². The van der Waals surface area contributed by atoms with Crippen molar-refractivity contribution >= 4 is 23.5 Å². The van der Waals surface area contributed by atoms with Crippen LogP contribution in [-0.4, -0.2) is 40.7 Å². The number of rotatable bonds is 9. The number of nitrogens with one attached hydrogen (secondary N) is 1. The zero-order valence-electron chi connectivity index (χ0n) is 15.3. The Morgan fingerprint density at radius 3 is 2.76 bits per heavy atom. The number of nitrogens with zero attached hydrogens (tertiary/aromatic N) is 3. The maximum absolute atomic E-state index is 13.8. The molecule has 1 N–H and O–H groups in total. The average molecular weight is 348 g/mol. The quantitative estimate of drug-likeness (QED) is 0.418. The molecule has 136 valence electrons. The van der Waals surface area contributed by atoms with Gasteiger partial charge in [-0.1, -0.05) is 6.08 Å². The lowest BCUT2D eigenvalue weighted by molar-refractivity contribution is -0.102. The van der Waals surface area contributed by atoms with E-state index in [4.69, 9.17) is 4.74 Å². The minimum Gasteiger partial charge on any atom is -0.372 e. The van der Waals surface area contributed by atoms with E-state index in [1.165, 1.54) is 18.5 Å². The van der Waals surface area contributed by atoms with E-state index in [-0.39, 0.29) is 18.0 Å². The number of carbonyl (C=O) groups is 1.